The molecule has 292 valence electrons. The summed E-state index contributed by atoms with van der Waals surface area (Å²) in [5, 5.41) is 8.56. The van der Waals surface area contributed by atoms with Gasteiger partial charge < -0.3 is 53.8 Å². The monoisotopic (exact) mass is 733 g/mol. The molecule has 0 aliphatic carbocycles. The van der Waals surface area contributed by atoms with Crippen LogP contribution >= 0.6 is 0 Å². The van der Waals surface area contributed by atoms with Crippen LogP contribution in [-0.4, -0.2) is 98.9 Å². The van der Waals surface area contributed by atoms with Gasteiger partial charge in [-0.3, -0.25) is 9.59 Å². The van der Waals surface area contributed by atoms with Crippen LogP contribution in [0.5, 0.6) is 0 Å². The first-order valence-electron chi connectivity index (χ1n) is 19.0. The Morgan fingerprint density at radius 1 is 0.769 bits per heavy atom. The van der Waals surface area contributed by atoms with Crippen molar-refractivity contribution in [2.75, 3.05) is 25.6 Å². The van der Waals surface area contributed by atoms with Gasteiger partial charge in [-0.1, -0.05) is 76.8 Å². The molecular formula is C38H59N3O11. The molecule has 14 heteroatoms. The Balaban J connectivity index is 1.13. The van der Waals surface area contributed by atoms with Crippen LogP contribution in [0.3, 0.4) is 0 Å². The quantitative estimate of drug-likeness (QED) is 0.129. The Hall–Kier alpha value is -2.85. The number of unbranched alkanes of at least 4 members (excludes halogenated alkanes) is 9. The average Bonchev–Trinajstić information content (AvgIpc) is 3.78. The highest BCUT2D eigenvalue weighted by atomic mass is 16.8. The van der Waals surface area contributed by atoms with Gasteiger partial charge in [0.1, 0.15) is 24.4 Å². The molecule has 4 saturated heterocycles. The van der Waals surface area contributed by atoms with Crippen molar-refractivity contribution in [1.82, 2.24) is 10.6 Å². The molecular weight excluding hydrogens is 674 g/mol. The topological polar surface area (TPSA) is 161 Å². The molecule has 52 heavy (non-hydrogen) atoms. The molecule has 1 aromatic carbocycles. The second kappa shape index (κ2) is 18.5. The predicted molar refractivity (Wildman–Crippen MR) is 190 cm³/mol. The van der Waals surface area contributed by atoms with Gasteiger partial charge in [-0.25, -0.2) is 4.79 Å². The van der Waals surface area contributed by atoms with E-state index in [0.29, 0.717) is 12.3 Å². The van der Waals surface area contributed by atoms with E-state index < -0.39 is 72.7 Å². The fraction of sp³-hybridized carbons (Fsp3) is 0.763. The molecule has 14 nitrogen and oxygen atoms in total. The highest BCUT2D eigenvalue weighted by Gasteiger charge is 2.58. The van der Waals surface area contributed by atoms with E-state index >= 15 is 0 Å². The van der Waals surface area contributed by atoms with Crippen LogP contribution in [0.25, 0.3) is 0 Å². The lowest BCUT2D eigenvalue weighted by Crippen LogP contribution is -2.55. The molecule has 5 rings (SSSR count). The molecule has 3 amide bonds. The first-order valence-corrected chi connectivity index (χ1v) is 19.0. The first kappa shape index (κ1) is 40.3. The van der Waals surface area contributed by atoms with E-state index in [2.05, 4.69) is 22.9 Å². The van der Waals surface area contributed by atoms with Crippen molar-refractivity contribution in [2.24, 2.45) is 0 Å². The van der Waals surface area contributed by atoms with Crippen LogP contribution in [0.15, 0.2) is 24.3 Å². The molecule has 3 N–H and O–H groups in total. The largest absolute Gasteiger partial charge is 0.469 e. The third-order valence-electron chi connectivity index (χ3n) is 9.77. The predicted octanol–water partition coefficient (Wildman–Crippen LogP) is 5.07. The number of anilines is 1. The second-order valence-corrected chi connectivity index (χ2v) is 15.0. The Morgan fingerprint density at radius 2 is 1.37 bits per heavy atom. The van der Waals surface area contributed by atoms with Crippen molar-refractivity contribution in [3.63, 3.8) is 0 Å². The maximum Gasteiger partial charge on any atom is 0.319 e. The van der Waals surface area contributed by atoms with Crippen molar-refractivity contribution in [3.05, 3.63) is 29.8 Å². The molecule has 0 saturated carbocycles. The summed E-state index contributed by atoms with van der Waals surface area (Å²) in [6.45, 7) is 10.1. The second-order valence-electron chi connectivity index (χ2n) is 15.0. The summed E-state index contributed by atoms with van der Waals surface area (Å²) in [6, 6.07) is 5.36. The molecule has 8 atom stereocenters. The Morgan fingerprint density at radius 3 is 2.00 bits per heavy atom. The van der Waals surface area contributed by atoms with Gasteiger partial charge in [0, 0.05) is 18.8 Å². The zero-order valence-electron chi connectivity index (χ0n) is 31.6. The molecule has 0 spiro atoms. The fourth-order valence-corrected chi connectivity index (χ4v) is 7.18. The lowest BCUT2D eigenvalue weighted by Gasteiger charge is -2.28. The summed E-state index contributed by atoms with van der Waals surface area (Å²) < 4.78 is 47.4. The van der Waals surface area contributed by atoms with Crippen molar-refractivity contribution >= 4 is 23.6 Å². The maximum absolute atomic E-state index is 13.7. The number of nitrogens with one attached hydrogen (secondary N) is 3. The molecule has 4 fully saturated rings. The van der Waals surface area contributed by atoms with Crippen LogP contribution in [0, 0.1) is 0 Å². The highest BCUT2D eigenvalue weighted by Crippen LogP contribution is 2.40. The normalized spacial score (nSPS) is 29.7. The number of urea groups is 1. The van der Waals surface area contributed by atoms with Crippen molar-refractivity contribution in [2.45, 2.75) is 166 Å². The minimum absolute atomic E-state index is 0.112. The zero-order chi connectivity index (χ0) is 37.3. The molecule has 1 aromatic rings. The number of amides is 3. The van der Waals surface area contributed by atoms with E-state index in [0.717, 1.165) is 18.4 Å². The third kappa shape index (κ3) is 11.1. The zero-order valence-corrected chi connectivity index (χ0v) is 31.6. The van der Waals surface area contributed by atoms with Crippen molar-refractivity contribution in [1.29, 1.82) is 0 Å². The summed E-state index contributed by atoms with van der Waals surface area (Å²) in [5.41, 5.74) is 1.23. The van der Waals surface area contributed by atoms with E-state index in [4.69, 9.17) is 37.9 Å². The van der Waals surface area contributed by atoms with Gasteiger partial charge >= 0.3 is 12.0 Å². The number of carbonyl (C=O) groups is 3. The molecule has 0 aromatic heterocycles. The summed E-state index contributed by atoms with van der Waals surface area (Å²) in [5.74, 6) is -2.60. The Labute approximate surface area is 307 Å². The third-order valence-corrected chi connectivity index (χ3v) is 9.77. The average molecular weight is 734 g/mol. The number of hydrogen-bond donors (Lipinski definition) is 3. The SMILES string of the molecule is CCCCCCCCCCCCOC1C(CNC(=O)C2OC3OC(C)(C)OC3C2NC(=O)Nc2ccc(CC(=O)OC)cc2)OC2OC(C)(C)OC21. The number of fused-ring (bicyclic) bond motifs is 2. The molecule has 4 heterocycles. The number of esters is 1. The summed E-state index contributed by atoms with van der Waals surface area (Å²) in [6.07, 6.45) is 7.68. The molecule has 4 aliphatic heterocycles. The fourth-order valence-electron chi connectivity index (χ4n) is 7.18. The van der Waals surface area contributed by atoms with Gasteiger partial charge in [-0.15, -0.1) is 0 Å². The van der Waals surface area contributed by atoms with Gasteiger partial charge in [-0.05, 0) is 51.8 Å². The summed E-state index contributed by atoms with van der Waals surface area (Å²) >= 11 is 0. The van der Waals surface area contributed by atoms with E-state index in [1.807, 2.05) is 13.8 Å². The van der Waals surface area contributed by atoms with Crippen LogP contribution in [0.2, 0.25) is 0 Å². The molecule has 0 bridgehead atoms. The van der Waals surface area contributed by atoms with Gasteiger partial charge in [-0.2, -0.15) is 0 Å². The van der Waals surface area contributed by atoms with Crippen molar-refractivity contribution in [3.8, 4) is 0 Å². The maximum atomic E-state index is 13.7. The van der Waals surface area contributed by atoms with Crippen LogP contribution in [0.4, 0.5) is 10.5 Å². The number of ether oxygens (including phenoxy) is 8. The van der Waals surface area contributed by atoms with Gasteiger partial charge in [0.05, 0.1) is 19.6 Å². The Kier molecular flexibility index (Phi) is 14.3. The molecule has 4 aliphatic rings. The van der Waals surface area contributed by atoms with Crippen molar-refractivity contribution < 1.29 is 52.3 Å². The van der Waals surface area contributed by atoms with Gasteiger partial charge in [0.2, 0.25) is 0 Å². The first-order chi connectivity index (χ1) is 24.9. The standard InChI is InChI=1S/C38H59N3O11/c1-7-8-9-10-11-12-13-14-15-16-21-46-29-26(47-35-32(29)50-38(4,5)52-35)23-39-33(43)30-28(31-34(48-30)51-37(2,3)49-31)41-36(44)40-25-19-17-24(18-20-25)22-27(42)45-6/h17-20,26,28-32,34-35H,7-16,21-23H2,1-6H3,(H,39,43)(H2,40,41,44). The molecule has 8 unspecified atom stereocenters. The smallest absolute Gasteiger partial charge is 0.319 e. The highest BCUT2D eigenvalue weighted by molar-refractivity contribution is 5.91. The number of carbonyl (C=O) groups excluding carboxylic acids is 3. The van der Waals surface area contributed by atoms with Gasteiger partial charge in [0.25, 0.3) is 5.91 Å². The van der Waals surface area contributed by atoms with Crippen LogP contribution < -0.4 is 16.0 Å². The summed E-state index contributed by atoms with van der Waals surface area (Å²) in [4.78, 5) is 38.5. The lowest BCUT2D eigenvalue weighted by atomic mass is 10.1. The minimum Gasteiger partial charge on any atom is -0.469 e. The van der Waals surface area contributed by atoms with Crippen LogP contribution in [-0.2, 0) is 53.9 Å². The summed E-state index contributed by atoms with van der Waals surface area (Å²) in [7, 11) is 1.33. The Bertz CT molecular complexity index is 1330. The van der Waals surface area contributed by atoms with E-state index in [1.165, 1.54) is 58.5 Å². The number of hydrogen-bond acceptors (Lipinski definition) is 11. The minimum atomic E-state index is -1.11. The van der Waals surface area contributed by atoms with E-state index in [9.17, 15) is 14.4 Å². The molecule has 0 radical (unpaired) electrons. The lowest BCUT2D eigenvalue weighted by molar-refractivity contribution is -0.218. The number of benzene rings is 1. The van der Waals surface area contributed by atoms with E-state index in [-0.39, 0.29) is 18.9 Å². The van der Waals surface area contributed by atoms with Gasteiger partial charge in [0.15, 0.2) is 30.3 Å². The van der Waals surface area contributed by atoms with E-state index in [1.54, 1.807) is 38.1 Å². The van der Waals surface area contributed by atoms with Crippen LogP contribution in [0.1, 0.15) is 104 Å². The number of methoxy groups -OCH3 is 1. The number of rotatable bonds is 19.